The summed E-state index contributed by atoms with van der Waals surface area (Å²) in [6.45, 7) is 2.31. The van der Waals surface area contributed by atoms with E-state index < -0.39 is 12.1 Å². The van der Waals surface area contributed by atoms with Crippen LogP contribution in [-0.4, -0.2) is 49.1 Å². The molecule has 0 unspecified atom stereocenters. The van der Waals surface area contributed by atoms with Crippen LogP contribution in [0.15, 0.2) is 18.2 Å². The first-order chi connectivity index (χ1) is 11.0. The van der Waals surface area contributed by atoms with Crippen LogP contribution in [0.3, 0.4) is 0 Å². The van der Waals surface area contributed by atoms with E-state index >= 15 is 0 Å². The van der Waals surface area contributed by atoms with Crippen molar-refractivity contribution in [2.45, 2.75) is 31.8 Å². The summed E-state index contributed by atoms with van der Waals surface area (Å²) < 4.78 is 10.5. The van der Waals surface area contributed by atoms with Crippen molar-refractivity contribution in [3.8, 4) is 11.5 Å². The van der Waals surface area contributed by atoms with Crippen LogP contribution < -0.4 is 20.9 Å². The number of amides is 1. The van der Waals surface area contributed by atoms with E-state index in [-0.39, 0.29) is 18.5 Å². The van der Waals surface area contributed by atoms with Crippen LogP contribution in [0.4, 0.5) is 0 Å². The molecule has 0 spiro atoms. The molecule has 23 heavy (non-hydrogen) atoms. The molecule has 0 saturated carbocycles. The van der Waals surface area contributed by atoms with Gasteiger partial charge >= 0.3 is 0 Å². The Morgan fingerprint density at radius 2 is 2.00 bits per heavy atom. The minimum atomic E-state index is -0.643. The number of ketones is 1. The first-order valence-corrected chi connectivity index (χ1v) is 7.62. The molecule has 7 heteroatoms. The topological polar surface area (TPSA) is 108 Å². The summed E-state index contributed by atoms with van der Waals surface area (Å²) in [5, 5.41) is 0. The van der Waals surface area contributed by atoms with E-state index in [2.05, 4.69) is 0 Å². The SMILES string of the molecule is C[C@@H](C(=O)c1ccc2c(c1)OCO2)N(C)C(=O)[C@@H](N)CCCN. The van der Waals surface area contributed by atoms with Gasteiger partial charge in [-0.05, 0) is 44.5 Å². The lowest BCUT2D eigenvalue weighted by atomic mass is 10.0. The standard InChI is InChI=1S/C16H23N3O4/c1-10(19(2)16(21)12(18)4-3-7-17)15(20)11-5-6-13-14(8-11)23-9-22-13/h5-6,8,10,12H,3-4,7,9,17-18H2,1-2H3/t10-,12-/m0/s1. The molecule has 1 aliphatic heterocycles. The monoisotopic (exact) mass is 321 g/mol. The molecule has 0 fully saturated rings. The fourth-order valence-corrected chi connectivity index (χ4v) is 2.38. The predicted octanol–water partition coefficient (Wildman–Crippen LogP) is 0.511. The first kappa shape index (κ1) is 17.2. The molecule has 1 aromatic rings. The quantitative estimate of drug-likeness (QED) is 0.709. The van der Waals surface area contributed by atoms with Gasteiger partial charge in [-0.1, -0.05) is 0 Å². The largest absolute Gasteiger partial charge is 0.454 e. The molecular formula is C16H23N3O4. The number of carbonyl (C=O) groups excluding carboxylic acids is 2. The summed E-state index contributed by atoms with van der Waals surface area (Å²) in [6.07, 6.45) is 1.18. The highest BCUT2D eigenvalue weighted by atomic mass is 16.7. The van der Waals surface area contributed by atoms with Crippen LogP contribution in [0.2, 0.25) is 0 Å². The zero-order valence-electron chi connectivity index (χ0n) is 13.5. The lowest BCUT2D eigenvalue weighted by Gasteiger charge is -2.26. The van der Waals surface area contributed by atoms with E-state index in [1.54, 1.807) is 32.2 Å². The molecular weight excluding hydrogens is 298 g/mol. The van der Waals surface area contributed by atoms with Crippen LogP contribution in [0.5, 0.6) is 11.5 Å². The third kappa shape index (κ3) is 3.80. The van der Waals surface area contributed by atoms with Crippen molar-refractivity contribution in [1.29, 1.82) is 0 Å². The van der Waals surface area contributed by atoms with Gasteiger partial charge in [0, 0.05) is 12.6 Å². The number of carbonyl (C=O) groups is 2. The number of likely N-dealkylation sites (N-methyl/N-ethyl adjacent to an activating group) is 1. The highest BCUT2D eigenvalue weighted by Crippen LogP contribution is 2.32. The van der Waals surface area contributed by atoms with Crippen LogP contribution in [0.1, 0.15) is 30.1 Å². The molecule has 0 saturated heterocycles. The smallest absolute Gasteiger partial charge is 0.239 e. The zero-order valence-corrected chi connectivity index (χ0v) is 13.5. The van der Waals surface area contributed by atoms with Gasteiger partial charge in [0.15, 0.2) is 17.3 Å². The number of rotatable bonds is 7. The Labute approximate surface area is 135 Å². The molecule has 0 radical (unpaired) electrons. The van der Waals surface area contributed by atoms with E-state index in [1.165, 1.54) is 4.90 Å². The van der Waals surface area contributed by atoms with Crippen molar-refractivity contribution in [2.24, 2.45) is 11.5 Å². The number of fused-ring (bicyclic) bond motifs is 1. The average molecular weight is 321 g/mol. The predicted molar refractivity (Wildman–Crippen MR) is 85.4 cm³/mol. The second-order valence-electron chi connectivity index (χ2n) is 5.59. The van der Waals surface area contributed by atoms with E-state index in [0.29, 0.717) is 36.4 Å². The van der Waals surface area contributed by atoms with Gasteiger partial charge in [-0.3, -0.25) is 9.59 Å². The van der Waals surface area contributed by atoms with Crippen molar-refractivity contribution >= 4 is 11.7 Å². The first-order valence-electron chi connectivity index (χ1n) is 7.62. The summed E-state index contributed by atoms with van der Waals surface area (Å²) in [5.74, 6) is 0.712. The summed E-state index contributed by atoms with van der Waals surface area (Å²) >= 11 is 0. The fraction of sp³-hybridized carbons (Fsp3) is 0.500. The van der Waals surface area contributed by atoms with Crippen LogP contribution in [0.25, 0.3) is 0 Å². The van der Waals surface area contributed by atoms with Crippen LogP contribution in [0, 0.1) is 0 Å². The maximum Gasteiger partial charge on any atom is 0.239 e. The molecule has 2 rings (SSSR count). The molecule has 7 nitrogen and oxygen atoms in total. The van der Waals surface area contributed by atoms with Crippen molar-refractivity contribution in [3.05, 3.63) is 23.8 Å². The van der Waals surface area contributed by atoms with Crippen molar-refractivity contribution in [3.63, 3.8) is 0 Å². The molecule has 0 bridgehead atoms. The summed E-state index contributed by atoms with van der Waals surface area (Å²) in [5.41, 5.74) is 11.8. The van der Waals surface area contributed by atoms with Gasteiger partial charge in [-0.25, -0.2) is 0 Å². The van der Waals surface area contributed by atoms with Gasteiger partial charge in [0.05, 0.1) is 12.1 Å². The lowest BCUT2D eigenvalue weighted by Crippen LogP contribution is -2.48. The van der Waals surface area contributed by atoms with Crippen LogP contribution in [-0.2, 0) is 4.79 Å². The minimum Gasteiger partial charge on any atom is -0.454 e. The highest BCUT2D eigenvalue weighted by molar-refractivity contribution is 6.02. The molecule has 0 aromatic heterocycles. The fourth-order valence-electron chi connectivity index (χ4n) is 2.38. The number of hydrogen-bond donors (Lipinski definition) is 2. The molecule has 2 atom stereocenters. The van der Waals surface area contributed by atoms with E-state index in [0.717, 1.165) is 0 Å². The van der Waals surface area contributed by atoms with Gasteiger partial charge in [0.1, 0.15) is 0 Å². The Morgan fingerprint density at radius 1 is 1.30 bits per heavy atom. The third-order valence-corrected chi connectivity index (χ3v) is 4.00. The number of ether oxygens (including phenoxy) is 2. The summed E-state index contributed by atoms with van der Waals surface area (Å²) in [6, 6.07) is 3.73. The summed E-state index contributed by atoms with van der Waals surface area (Å²) in [7, 11) is 1.58. The molecule has 4 N–H and O–H groups in total. The van der Waals surface area contributed by atoms with Crippen molar-refractivity contribution in [1.82, 2.24) is 4.90 Å². The van der Waals surface area contributed by atoms with Crippen LogP contribution >= 0.6 is 0 Å². The van der Waals surface area contributed by atoms with Gasteiger partial charge in [0.25, 0.3) is 0 Å². The Balaban J connectivity index is 2.05. The molecule has 1 aliphatic rings. The lowest BCUT2D eigenvalue weighted by molar-refractivity contribution is -0.132. The molecule has 1 amide bonds. The third-order valence-electron chi connectivity index (χ3n) is 4.00. The second kappa shape index (κ2) is 7.43. The van der Waals surface area contributed by atoms with E-state index in [1.807, 2.05) is 0 Å². The van der Waals surface area contributed by atoms with Gasteiger partial charge in [0.2, 0.25) is 12.7 Å². The zero-order chi connectivity index (χ0) is 17.0. The maximum atomic E-state index is 12.6. The molecule has 1 aromatic carbocycles. The van der Waals surface area contributed by atoms with Gasteiger partial charge in [-0.2, -0.15) is 0 Å². The second-order valence-corrected chi connectivity index (χ2v) is 5.59. The van der Waals surface area contributed by atoms with Crippen molar-refractivity contribution in [2.75, 3.05) is 20.4 Å². The Morgan fingerprint density at radius 3 is 2.70 bits per heavy atom. The number of Topliss-reactive ketones (excluding diaryl/α,β-unsaturated/α-hetero) is 1. The van der Waals surface area contributed by atoms with E-state index in [9.17, 15) is 9.59 Å². The van der Waals surface area contributed by atoms with Gasteiger partial charge < -0.3 is 25.8 Å². The minimum absolute atomic E-state index is 0.150. The van der Waals surface area contributed by atoms with E-state index in [4.69, 9.17) is 20.9 Å². The van der Waals surface area contributed by atoms with Gasteiger partial charge in [-0.15, -0.1) is 0 Å². The summed E-state index contributed by atoms with van der Waals surface area (Å²) in [4.78, 5) is 26.2. The molecule has 1 heterocycles. The number of nitrogens with zero attached hydrogens (tertiary/aromatic N) is 1. The molecule has 0 aliphatic carbocycles. The Hall–Kier alpha value is -2.12. The normalized spacial score (nSPS) is 15.1. The Kier molecular flexibility index (Phi) is 5.57. The number of hydrogen-bond acceptors (Lipinski definition) is 6. The average Bonchev–Trinajstić information content (AvgIpc) is 3.04. The van der Waals surface area contributed by atoms with Crippen molar-refractivity contribution < 1.29 is 19.1 Å². The highest BCUT2D eigenvalue weighted by Gasteiger charge is 2.27. The number of nitrogens with two attached hydrogens (primary N) is 2. The maximum absolute atomic E-state index is 12.6. The Bertz CT molecular complexity index is 591. The molecule has 126 valence electrons. The number of benzene rings is 1.